The number of hydrogen-bond donors (Lipinski definition) is 3. The fourth-order valence-corrected chi connectivity index (χ4v) is 1.30. The molecule has 62 valence electrons. The Morgan fingerprint density at radius 3 is 3.08 bits per heavy atom. The van der Waals surface area contributed by atoms with E-state index in [0.717, 1.165) is 11.1 Å². The van der Waals surface area contributed by atoms with Gasteiger partial charge in [0.25, 0.3) is 0 Å². The van der Waals surface area contributed by atoms with Crippen molar-refractivity contribution in [3.05, 3.63) is 36.0 Å². The Morgan fingerprint density at radius 2 is 2.25 bits per heavy atom. The highest BCUT2D eigenvalue weighted by molar-refractivity contribution is 5.79. The van der Waals surface area contributed by atoms with Crippen molar-refractivity contribution in [2.24, 2.45) is 0 Å². The van der Waals surface area contributed by atoms with Crippen molar-refractivity contribution in [2.45, 2.75) is 6.54 Å². The number of rotatable bonds is 2. The minimum Gasteiger partial charge on any atom is -0.361 e. The average molecular weight is 162 g/mol. The van der Waals surface area contributed by atoms with Crippen molar-refractivity contribution in [1.82, 2.24) is 10.5 Å². The summed E-state index contributed by atoms with van der Waals surface area (Å²) in [4.78, 5) is 3.11. The van der Waals surface area contributed by atoms with Crippen molar-refractivity contribution >= 4 is 10.9 Å². The summed E-state index contributed by atoms with van der Waals surface area (Å²) in [5.74, 6) is 0. The first-order valence-electron chi connectivity index (χ1n) is 3.83. The van der Waals surface area contributed by atoms with Crippen LogP contribution in [0.4, 0.5) is 0 Å². The summed E-state index contributed by atoms with van der Waals surface area (Å²) in [6.45, 7) is 0.481. The molecule has 3 N–H and O–H groups in total. The largest absolute Gasteiger partial charge is 0.361 e. The van der Waals surface area contributed by atoms with E-state index in [4.69, 9.17) is 5.21 Å². The van der Waals surface area contributed by atoms with Gasteiger partial charge in [0.05, 0.1) is 0 Å². The molecule has 2 rings (SSSR count). The summed E-state index contributed by atoms with van der Waals surface area (Å²) in [7, 11) is 0. The number of fused-ring (bicyclic) bond motifs is 1. The zero-order chi connectivity index (χ0) is 8.39. The monoisotopic (exact) mass is 162 g/mol. The highest BCUT2D eigenvalue weighted by Gasteiger charge is 1.95. The molecule has 0 unspecified atom stereocenters. The van der Waals surface area contributed by atoms with E-state index in [2.05, 4.69) is 10.5 Å². The van der Waals surface area contributed by atoms with Gasteiger partial charge in [-0.2, -0.15) is 0 Å². The molecule has 0 saturated heterocycles. The molecule has 1 aromatic heterocycles. The summed E-state index contributed by atoms with van der Waals surface area (Å²) >= 11 is 0. The van der Waals surface area contributed by atoms with E-state index in [-0.39, 0.29) is 0 Å². The number of aromatic amines is 1. The smallest absolute Gasteiger partial charge is 0.0458 e. The molecular weight excluding hydrogens is 152 g/mol. The third-order valence-corrected chi connectivity index (χ3v) is 1.90. The molecule has 0 amide bonds. The van der Waals surface area contributed by atoms with Crippen LogP contribution in [0.15, 0.2) is 30.5 Å². The lowest BCUT2D eigenvalue weighted by atomic mass is 10.2. The van der Waals surface area contributed by atoms with Crippen LogP contribution in [-0.2, 0) is 6.54 Å². The third kappa shape index (κ3) is 1.20. The lowest BCUT2D eigenvalue weighted by Crippen LogP contribution is -2.05. The van der Waals surface area contributed by atoms with Gasteiger partial charge in [0.1, 0.15) is 0 Å². The summed E-state index contributed by atoms with van der Waals surface area (Å²) in [6.07, 6.45) is 1.90. The quantitative estimate of drug-likeness (QED) is 0.588. The number of H-pyrrole nitrogens is 1. The zero-order valence-electron chi connectivity index (χ0n) is 6.54. The molecular formula is C9H10N2O. The summed E-state index contributed by atoms with van der Waals surface area (Å²) in [5, 5.41) is 9.67. The Morgan fingerprint density at radius 1 is 1.33 bits per heavy atom. The van der Waals surface area contributed by atoms with Gasteiger partial charge in [0.15, 0.2) is 0 Å². The Bertz CT molecular complexity index is 381. The molecule has 1 aromatic carbocycles. The average Bonchev–Trinajstić information content (AvgIpc) is 2.51. The van der Waals surface area contributed by atoms with Gasteiger partial charge in [-0.05, 0) is 23.1 Å². The second-order valence-corrected chi connectivity index (χ2v) is 2.73. The van der Waals surface area contributed by atoms with E-state index in [0.29, 0.717) is 6.54 Å². The molecule has 1 heterocycles. The molecule has 0 bridgehead atoms. The Kier molecular flexibility index (Phi) is 1.81. The van der Waals surface area contributed by atoms with Gasteiger partial charge in [-0.1, -0.05) is 12.1 Å². The van der Waals surface area contributed by atoms with E-state index in [9.17, 15) is 0 Å². The van der Waals surface area contributed by atoms with Crippen LogP contribution in [0.2, 0.25) is 0 Å². The summed E-state index contributed by atoms with van der Waals surface area (Å²) < 4.78 is 0. The minimum atomic E-state index is 0.481. The van der Waals surface area contributed by atoms with Crippen LogP contribution in [0.5, 0.6) is 0 Å². The predicted molar refractivity (Wildman–Crippen MR) is 46.9 cm³/mol. The van der Waals surface area contributed by atoms with Crippen LogP contribution in [0, 0.1) is 0 Å². The molecule has 0 aliphatic heterocycles. The molecule has 3 nitrogen and oxygen atoms in total. The Labute approximate surface area is 70.0 Å². The SMILES string of the molecule is ONCc1ccc2cc[nH]c2c1. The van der Waals surface area contributed by atoms with Gasteiger partial charge in [0.2, 0.25) is 0 Å². The number of hydroxylamine groups is 1. The fraction of sp³-hybridized carbons (Fsp3) is 0.111. The molecule has 0 spiro atoms. The first kappa shape index (κ1) is 7.34. The lowest BCUT2D eigenvalue weighted by molar-refractivity contribution is 0.161. The van der Waals surface area contributed by atoms with Gasteiger partial charge >= 0.3 is 0 Å². The number of hydrogen-bond acceptors (Lipinski definition) is 2. The Hall–Kier alpha value is -1.32. The van der Waals surface area contributed by atoms with E-state index >= 15 is 0 Å². The maximum absolute atomic E-state index is 8.48. The number of aromatic nitrogens is 1. The Balaban J connectivity index is 2.46. The van der Waals surface area contributed by atoms with Crippen LogP contribution in [0.1, 0.15) is 5.56 Å². The molecule has 0 saturated carbocycles. The van der Waals surface area contributed by atoms with E-state index in [1.807, 2.05) is 30.5 Å². The van der Waals surface area contributed by atoms with Gasteiger partial charge in [0, 0.05) is 18.3 Å². The minimum absolute atomic E-state index is 0.481. The second-order valence-electron chi connectivity index (χ2n) is 2.73. The van der Waals surface area contributed by atoms with Gasteiger partial charge in [-0.25, -0.2) is 5.48 Å². The van der Waals surface area contributed by atoms with E-state index in [1.54, 1.807) is 0 Å². The lowest BCUT2D eigenvalue weighted by Gasteiger charge is -1.98. The maximum atomic E-state index is 8.48. The van der Waals surface area contributed by atoms with Crippen LogP contribution in [0.3, 0.4) is 0 Å². The normalized spacial score (nSPS) is 10.8. The van der Waals surface area contributed by atoms with E-state index in [1.165, 1.54) is 5.39 Å². The predicted octanol–water partition coefficient (Wildman–Crippen LogP) is 1.65. The molecule has 2 aromatic rings. The molecule has 0 atom stereocenters. The van der Waals surface area contributed by atoms with Gasteiger partial charge < -0.3 is 10.2 Å². The molecule has 0 aliphatic rings. The summed E-state index contributed by atoms with van der Waals surface area (Å²) in [6, 6.07) is 8.04. The zero-order valence-corrected chi connectivity index (χ0v) is 6.54. The van der Waals surface area contributed by atoms with Crippen LogP contribution < -0.4 is 5.48 Å². The second kappa shape index (κ2) is 2.97. The molecule has 0 aliphatic carbocycles. The standard InChI is InChI=1S/C9H10N2O/c12-11-6-7-1-2-8-3-4-10-9(8)5-7/h1-5,10-12H,6H2. The molecule has 0 fully saturated rings. The van der Waals surface area contributed by atoms with Gasteiger partial charge in [-0.3, -0.25) is 0 Å². The van der Waals surface area contributed by atoms with Gasteiger partial charge in [-0.15, -0.1) is 0 Å². The number of benzene rings is 1. The molecule has 0 radical (unpaired) electrons. The van der Waals surface area contributed by atoms with Crippen molar-refractivity contribution in [3.63, 3.8) is 0 Å². The highest BCUT2D eigenvalue weighted by Crippen LogP contribution is 2.13. The van der Waals surface area contributed by atoms with E-state index < -0.39 is 0 Å². The topological polar surface area (TPSA) is 48.0 Å². The number of nitrogens with one attached hydrogen (secondary N) is 2. The van der Waals surface area contributed by atoms with Crippen LogP contribution >= 0.6 is 0 Å². The van der Waals surface area contributed by atoms with Crippen molar-refractivity contribution < 1.29 is 5.21 Å². The first-order chi connectivity index (χ1) is 5.90. The maximum Gasteiger partial charge on any atom is 0.0458 e. The van der Waals surface area contributed by atoms with Crippen LogP contribution in [0.25, 0.3) is 10.9 Å². The first-order valence-corrected chi connectivity index (χ1v) is 3.83. The van der Waals surface area contributed by atoms with Crippen molar-refractivity contribution in [1.29, 1.82) is 0 Å². The summed E-state index contributed by atoms with van der Waals surface area (Å²) in [5.41, 5.74) is 4.29. The fourth-order valence-electron chi connectivity index (χ4n) is 1.30. The third-order valence-electron chi connectivity index (χ3n) is 1.90. The molecule has 12 heavy (non-hydrogen) atoms. The van der Waals surface area contributed by atoms with Crippen molar-refractivity contribution in [2.75, 3.05) is 0 Å². The van der Waals surface area contributed by atoms with Crippen LogP contribution in [-0.4, -0.2) is 10.2 Å². The highest BCUT2D eigenvalue weighted by atomic mass is 16.5. The van der Waals surface area contributed by atoms with Crippen molar-refractivity contribution in [3.8, 4) is 0 Å². The molecule has 3 heteroatoms.